The summed E-state index contributed by atoms with van der Waals surface area (Å²) in [4.78, 5) is 16.7. The minimum absolute atomic E-state index is 0. The number of fused-ring (bicyclic) bond motifs is 2. The van der Waals surface area contributed by atoms with Crippen LogP contribution in [0.2, 0.25) is 0 Å². The molecule has 1 aromatic heterocycles. The minimum atomic E-state index is -0.0506. The SMILES string of the molecule is Cc1cc(NC(=O)C2C3CCC(C3)C2N)ccc1Oc1cccnc1.Cl.Cl. The third-order valence-corrected chi connectivity index (χ3v) is 5.59. The summed E-state index contributed by atoms with van der Waals surface area (Å²) in [7, 11) is 0. The number of amides is 1. The van der Waals surface area contributed by atoms with E-state index in [0.29, 0.717) is 17.6 Å². The van der Waals surface area contributed by atoms with Gasteiger partial charge in [-0.3, -0.25) is 9.78 Å². The average Bonchev–Trinajstić information content (AvgIpc) is 3.19. The first-order valence-corrected chi connectivity index (χ1v) is 8.87. The number of hydrogen-bond acceptors (Lipinski definition) is 4. The maximum atomic E-state index is 12.7. The van der Waals surface area contributed by atoms with Crippen molar-refractivity contribution < 1.29 is 9.53 Å². The molecule has 7 heteroatoms. The van der Waals surface area contributed by atoms with Gasteiger partial charge in [0.05, 0.1) is 12.1 Å². The summed E-state index contributed by atoms with van der Waals surface area (Å²) in [6.07, 6.45) is 6.79. The molecule has 2 aromatic rings. The van der Waals surface area contributed by atoms with Gasteiger partial charge in [0.1, 0.15) is 11.5 Å². The number of nitrogens with two attached hydrogens (primary N) is 1. The molecule has 4 atom stereocenters. The quantitative estimate of drug-likeness (QED) is 0.786. The van der Waals surface area contributed by atoms with Crippen LogP contribution in [0.3, 0.4) is 0 Å². The van der Waals surface area contributed by atoms with Gasteiger partial charge in [0.15, 0.2) is 0 Å². The zero-order chi connectivity index (χ0) is 17.4. The summed E-state index contributed by atoms with van der Waals surface area (Å²) in [5.74, 6) is 2.43. The fraction of sp³-hybridized carbons (Fsp3) is 0.400. The first kappa shape index (κ1) is 21.5. The minimum Gasteiger partial charge on any atom is -0.455 e. The van der Waals surface area contributed by atoms with Crippen molar-refractivity contribution in [3.8, 4) is 11.5 Å². The van der Waals surface area contributed by atoms with Crippen LogP contribution in [0.1, 0.15) is 24.8 Å². The highest BCUT2D eigenvalue weighted by atomic mass is 35.5. The molecule has 146 valence electrons. The lowest BCUT2D eigenvalue weighted by Crippen LogP contribution is -2.42. The molecule has 0 spiro atoms. The summed E-state index contributed by atoms with van der Waals surface area (Å²) >= 11 is 0. The van der Waals surface area contributed by atoms with Crippen LogP contribution in [0.4, 0.5) is 5.69 Å². The Morgan fingerprint density at radius 2 is 2.00 bits per heavy atom. The predicted molar refractivity (Wildman–Crippen MR) is 111 cm³/mol. The number of hydrogen-bond donors (Lipinski definition) is 2. The highest BCUT2D eigenvalue weighted by Crippen LogP contribution is 2.48. The monoisotopic (exact) mass is 409 g/mol. The number of rotatable bonds is 4. The van der Waals surface area contributed by atoms with E-state index in [9.17, 15) is 4.79 Å². The Morgan fingerprint density at radius 1 is 1.22 bits per heavy atom. The second kappa shape index (κ2) is 8.91. The summed E-state index contributed by atoms with van der Waals surface area (Å²) in [6, 6.07) is 9.38. The van der Waals surface area contributed by atoms with E-state index in [1.165, 1.54) is 6.42 Å². The number of aromatic nitrogens is 1. The van der Waals surface area contributed by atoms with Crippen molar-refractivity contribution >= 4 is 36.4 Å². The summed E-state index contributed by atoms with van der Waals surface area (Å²) in [5.41, 5.74) is 8.02. The van der Waals surface area contributed by atoms with Crippen LogP contribution in [-0.4, -0.2) is 16.9 Å². The van der Waals surface area contributed by atoms with Crippen LogP contribution < -0.4 is 15.8 Å². The number of nitrogens with zero attached hydrogens (tertiary/aromatic N) is 1. The van der Waals surface area contributed by atoms with Gasteiger partial charge in [0.25, 0.3) is 0 Å². The Balaban J connectivity index is 0.00000131. The average molecular weight is 410 g/mol. The molecule has 4 rings (SSSR count). The molecule has 3 N–H and O–H groups in total. The number of nitrogens with one attached hydrogen (secondary N) is 1. The number of carbonyl (C=O) groups is 1. The van der Waals surface area contributed by atoms with Crippen molar-refractivity contribution in [2.24, 2.45) is 23.5 Å². The van der Waals surface area contributed by atoms with Gasteiger partial charge in [-0.2, -0.15) is 0 Å². The lowest BCUT2D eigenvalue weighted by Gasteiger charge is -2.27. The number of anilines is 1. The van der Waals surface area contributed by atoms with Crippen molar-refractivity contribution in [3.63, 3.8) is 0 Å². The molecule has 1 amide bonds. The van der Waals surface area contributed by atoms with Crippen molar-refractivity contribution in [2.75, 3.05) is 5.32 Å². The van der Waals surface area contributed by atoms with Crippen LogP contribution in [-0.2, 0) is 4.79 Å². The molecule has 2 aliphatic rings. The predicted octanol–water partition coefficient (Wildman–Crippen LogP) is 4.34. The van der Waals surface area contributed by atoms with Gasteiger partial charge in [-0.25, -0.2) is 0 Å². The number of ether oxygens (including phenoxy) is 1. The molecule has 0 aliphatic heterocycles. The maximum absolute atomic E-state index is 12.7. The van der Waals surface area contributed by atoms with Crippen LogP contribution in [0.5, 0.6) is 11.5 Å². The highest BCUT2D eigenvalue weighted by Gasteiger charge is 2.49. The molecule has 2 fully saturated rings. The number of carbonyl (C=O) groups excluding carboxylic acids is 1. The molecular formula is C20H25Cl2N3O2. The standard InChI is InChI=1S/C20H23N3O2.2ClH/c1-12-9-15(6-7-17(12)25-16-3-2-8-22-11-16)23-20(24)18-13-4-5-14(10-13)19(18)21;;/h2-3,6-9,11,13-14,18-19H,4-5,10,21H2,1H3,(H,23,24);2*1H. The Bertz CT molecular complexity index is 786. The molecule has 1 aromatic carbocycles. The zero-order valence-corrected chi connectivity index (χ0v) is 16.8. The molecule has 0 radical (unpaired) electrons. The van der Waals surface area contributed by atoms with Crippen molar-refractivity contribution in [3.05, 3.63) is 48.3 Å². The fourth-order valence-corrected chi connectivity index (χ4v) is 4.33. The lowest BCUT2D eigenvalue weighted by molar-refractivity contribution is -0.121. The van der Waals surface area contributed by atoms with E-state index in [4.69, 9.17) is 10.5 Å². The first-order valence-electron chi connectivity index (χ1n) is 8.87. The fourth-order valence-electron chi connectivity index (χ4n) is 4.33. The van der Waals surface area contributed by atoms with E-state index in [1.807, 2.05) is 37.3 Å². The van der Waals surface area contributed by atoms with E-state index in [-0.39, 0.29) is 42.7 Å². The molecule has 1 heterocycles. The van der Waals surface area contributed by atoms with Gasteiger partial charge in [-0.15, -0.1) is 24.8 Å². The Hall–Kier alpha value is -1.82. The summed E-state index contributed by atoms with van der Waals surface area (Å²) < 4.78 is 5.83. The topological polar surface area (TPSA) is 77.2 Å². The molecular weight excluding hydrogens is 385 g/mol. The van der Waals surface area contributed by atoms with Crippen LogP contribution in [0.25, 0.3) is 0 Å². The normalized spacial score (nSPS) is 25.3. The number of halogens is 2. The molecule has 5 nitrogen and oxygen atoms in total. The van der Waals surface area contributed by atoms with E-state index in [0.717, 1.165) is 29.8 Å². The van der Waals surface area contributed by atoms with Crippen LogP contribution in [0.15, 0.2) is 42.7 Å². The van der Waals surface area contributed by atoms with E-state index in [2.05, 4.69) is 10.3 Å². The highest BCUT2D eigenvalue weighted by molar-refractivity contribution is 5.93. The van der Waals surface area contributed by atoms with Crippen LogP contribution >= 0.6 is 24.8 Å². The third-order valence-electron chi connectivity index (χ3n) is 5.59. The largest absolute Gasteiger partial charge is 0.455 e. The van der Waals surface area contributed by atoms with E-state index in [1.54, 1.807) is 12.4 Å². The second-order valence-electron chi connectivity index (χ2n) is 7.20. The Kier molecular flexibility index (Phi) is 7.09. The van der Waals surface area contributed by atoms with Gasteiger partial charge < -0.3 is 15.8 Å². The van der Waals surface area contributed by atoms with Crippen molar-refractivity contribution in [2.45, 2.75) is 32.2 Å². The second-order valence-corrected chi connectivity index (χ2v) is 7.20. The van der Waals surface area contributed by atoms with Crippen molar-refractivity contribution in [1.82, 2.24) is 4.98 Å². The number of pyridine rings is 1. The summed E-state index contributed by atoms with van der Waals surface area (Å²) in [5, 5.41) is 3.04. The van der Waals surface area contributed by atoms with Gasteiger partial charge in [0, 0.05) is 17.9 Å². The van der Waals surface area contributed by atoms with E-state index < -0.39 is 0 Å². The first-order chi connectivity index (χ1) is 12.1. The van der Waals surface area contributed by atoms with E-state index >= 15 is 0 Å². The molecule has 2 saturated carbocycles. The van der Waals surface area contributed by atoms with Gasteiger partial charge in [-0.05, 0) is 73.9 Å². The Morgan fingerprint density at radius 3 is 2.63 bits per heavy atom. The van der Waals surface area contributed by atoms with Crippen molar-refractivity contribution in [1.29, 1.82) is 0 Å². The Labute approximate surface area is 171 Å². The van der Waals surface area contributed by atoms with Crippen LogP contribution in [0, 0.1) is 24.7 Å². The van der Waals surface area contributed by atoms with Gasteiger partial charge in [-0.1, -0.05) is 0 Å². The molecule has 2 bridgehead atoms. The zero-order valence-electron chi connectivity index (χ0n) is 15.1. The number of aryl methyl sites for hydroxylation is 1. The molecule has 2 aliphatic carbocycles. The van der Waals surface area contributed by atoms with Gasteiger partial charge >= 0.3 is 0 Å². The summed E-state index contributed by atoms with van der Waals surface area (Å²) in [6.45, 7) is 1.96. The smallest absolute Gasteiger partial charge is 0.229 e. The maximum Gasteiger partial charge on any atom is 0.229 e. The third kappa shape index (κ3) is 4.37. The van der Waals surface area contributed by atoms with Gasteiger partial charge in [0.2, 0.25) is 5.91 Å². The molecule has 4 unspecified atom stereocenters. The molecule has 27 heavy (non-hydrogen) atoms. The number of benzene rings is 1. The molecule has 0 saturated heterocycles. The lowest BCUT2D eigenvalue weighted by atomic mass is 9.84.